The molecule has 0 bridgehead atoms. The van der Waals surface area contributed by atoms with Crippen molar-refractivity contribution in [2.75, 3.05) is 12.4 Å². The van der Waals surface area contributed by atoms with E-state index in [1.165, 1.54) is 12.8 Å². The van der Waals surface area contributed by atoms with Gasteiger partial charge >= 0.3 is 5.97 Å². The van der Waals surface area contributed by atoms with Gasteiger partial charge in [-0.1, -0.05) is 25.7 Å². The van der Waals surface area contributed by atoms with Crippen LogP contribution >= 0.6 is 0 Å². The number of hydrogen-bond acceptors (Lipinski definition) is 3. The molecular formula is C16H23NO3. The maximum atomic E-state index is 11.6. The molecule has 1 aromatic rings. The monoisotopic (exact) mass is 277 g/mol. The lowest BCUT2D eigenvalue weighted by molar-refractivity contribution is -0.139. The van der Waals surface area contributed by atoms with Gasteiger partial charge in [0.1, 0.15) is 11.8 Å². The minimum absolute atomic E-state index is 0.220. The molecule has 2 N–H and O–H groups in total. The van der Waals surface area contributed by atoms with Crippen molar-refractivity contribution in [2.24, 2.45) is 5.92 Å². The molecule has 0 saturated heterocycles. The fourth-order valence-electron chi connectivity index (χ4n) is 2.89. The number of ether oxygens (including phenoxy) is 1. The summed E-state index contributed by atoms with van der Waals surface area (Å²) in [7, 11) is 1.62. The summed E-state index contributed by atoms with van der Waals surface area (Å²) < 4.78 is 5.11. The van der Waals surface area contributed by atoms with Crippen LogP contribution in [-0.4, -0.2) is 24.2 Å². The zero-order chi connectivity index (χ0) is 14.4. The molecule has 1 fully saturated rings. The van der Waals surface area contributed by atoms with Gasteiger partial charge in [0.2, 0.25) is 0 Å². The molecule has 0 aliphatic heterocycles. The summed E-state index contributed by atoms with van der Waals surface area (Å²) in [5.41, 5.74) is 0.836. The van der Waals surface area contributed by atoms with E-state index in [4.69, 9.17) is 4.74 Å². The SMILES string of the molecule is COc1ccc(NC(C(=O)O)C2CCCCCC2)cc1. The van der Waals surface area contributed by atoms with Gasteiger partial charge in [-0.3, -0.25) is 0 Å². The van der Waals surface area contributed by atoms with Gasteiger partial charge in [0.25, 0.3) is 0 Å². The molecule has 4 nitrogen and oxygen atoms in total. The molecule has 0 heterocycles. The number of methoxy groups -OCH3 is 1. The van der Waals surface area contributed by atoms with Gasteiger partial charge in [0.15, 0.2) is 0 Å². The van der Waals surface area contributed by atoms with Gasteiger partial charge in [-0.05, 0) is 43.0 Å². The molecule has 20 heavy (non-hydrogen) atoms. The third-order valence-corrected chi connectivity index (χ3v) is 4.05. The predicted molar refractivity (Wildman–Crippen MR) is 79.2 cm³/mol. The summed E-state index contributed by atoms with van der Waals surface area (Å²) in [5, 5.41) is 12.7. The highest BCUT2D eigenvalue weighted by Gasteiger charge is 2.28. The smallest absolute Gasteiger partial charge is 0.326 e. The van der Waals surface area contributed by atoms with Gasteiger partial charge < -0.3 is 15.2 Å². The highest BCUT2D eigenvalue weighted by Crippen LogP contribution is 2.28. The average molecular weight is 277 g/mol. The van der Waals surface area contributed by atoms with Crippen LogP contribution < -0.4 is 10.1 Å². The Balaban J connectivity index is 2.05. The lowest BCUT2D eigenvalue weighted by atomic mass is 9.91. The quantitative estimate of drug-likeness (QED) is 0.808. The van der Waals surface area contributed by atoms with Crippen LogP contribution in [0.4, 0.5) is 5.69 Å². The molecule has 0 aromatic heterocycles. The van der Waals surface area contributed by atoms with Crippen LogP contribution in [-0.2, 0) is 4.79 Å². The summed E-state index contributed by atoms with van der Waals surface area (Å²) >= 11 is 0. The van der Waals surface area contributed by atoms with E-state index in [0.717, 1.165) is 37.1 Å². The molecule has 0 spiro atoms. The number of carboxylic acid groups (broad SMARTS) is 1. The number of anilines is 1. The van der Waals surface area contributed by atoms with Gasteiger partial charge in [-0.2, -0.15) is 0 Å². The summed E-state index contributed by atoms with van der Waals surface area (Å²) in [5.74, 6) is 0.238. The molecule has 1 aromatic carbocycles. The number of carboxylic acids is 1. The van der Waals surface area contributed by atoms with Gasteiger partial charge in [-0.15, -0.1) is 0 Å². The van der Waals surface area contributed by atoms with Crippen LogP contribution in [0.1, 0.15) is 38.5 Å². The van der Waals surface area contributed by atoms with E-state index in [1.54, 1.807) is 7.11 Å². The Morgan fingerprint density at radius 2 is 1.80 bits per heavy atom. The Labute approximate surface area is 120 Å². The van der Waals surface area contributed by atoms with E-state index in [-0.39, 0.29) is 5.92 Å². The van der Waals surface area contributed by atoms with Crippen molar-refractivity contribution in [2.45, 2.75) is 44.6 Å². The van der Waals surface area contributed by atoms with E-state index in [1.807, 2.05) is 24.3 Å². The van der Waals surface area contributed by atoms with Crippen LogP contribution in [0.2, 0.25) is 0 Å². The molecule has 1 unspecified atom stereocenters. The minimum atomic E-state index is -0.757. The summed E-state index contributed by atoms with van der Waals surface area (Å²) in [6, 6.07) is 6.92. The predicted octanol–water partition coefficient (Wildman–Crippen LogP) is 3.53. The molecule has 2 rings (SSSR count). The third-order valence-electron chi connectivity index (χ3n) is 4.05. The fourth-order valence-corrected chi connectivity index (χ4v) is 2.89. The second kappa shape index (κ2) is 7.17. The number of hydrogen-bond donors (Lipinski definition) is 2. The molecule has 0 radical (unpaired) electrons. The minimum Gasteiger partial charge on any atom is -0.497 e. The molecular weight excluding hydrogens is 254 g/mol. The maximum Gasteiger partial charge on any atom is 0.326 e. The molecule has 1 aliphatic rings. The Hall–Kier alpha value is -1.71. The lowest BCUT2D eigenvalue weighted by Crippen LogP contribution is -2.36. The topological polar surface area (TPSA) is 58.6 Å². The molecule has 4 heteroatoms. The van der Waals surface area contributed by atoms with E-state index in [0.29, 0.717) is 0 Å². The highest BCUT2D eigenvalue weighted by atomic mass is 16.5. The molecule has 1 aliphatic carbocycles. The van der Waals surface area contributed by atoms with Gasteiger partial charge in [0.05, 0.1) is 7.11 Å². The van der Waals surface area contributed by atoms with Crippen LogP contribution in [0.25, 0.3) is 0 Å². The zero-order valence-electron chi connectivity index (χ0n) is 12.0. The number of benzene rings is 1. The number of rotatable bonds is 5. The lowest BCUT2D eigenvalue weighted by Gasteiger charge is -2.24. The second-order valence-electron chi connectivity index (χ2n) is 5.44. The third kappa shape index (κ3) is 3.89. The molecule has 0 amide bonds. The standard InChI is InChI=1S/C16H23NO3/c1-20-14-10-8-13(9-11-14)17-15(16(18)19)12-6-4-2-3-5-7-12/h8-12,15,17H,2-7H2,1H3,(H,18,19). The van der Waals surface area contributed by atoms with Crippen molar-refractivity contribution in [3.8, 4) is 5.75 Å². The zero-order valence-corrected chi connectivity index (χ0v) is 12.0. The first kappa shape index (κ1) is 14.7. The number of nitrogens with one attached hydrogen (secondary N) is 1. The van der Waals surface area contributed by atoms with Crippen molar-refractivity contribution in [3.63, 3.8) is 0 Å². The number of carbonyl (C=O) groups is 1. The molecule has 110 valence electrons. The average Bonchev–Trinajstić information content (AvgIpc) is 2.74. The van der Waals surface area contributed by atoms with Gasteiger partial charge in [0, 0.05) is 5.69 Å². The van der Waals surface area contributed by atoms with Crippen LogP contribution in [0, 0.1) is 5.92 Å². The van der Waals surface area contributed by atoms with Gasteiger partial charge in [-0.25, -0.2) is 4.79 Å². The second-order valence-corrected chi connectivity index (χ2v) is 5.44. The Bertz CT molecular complexity index is 422. The van der Waals surface area contributed by atoms with Crippen LogP contribution in [0.3, 0.4) is 0 Å². The molecule has 1 saturated carbocycles. The Kier molecular flexibility index (Phi) is 5.27. The first-order valence-corrected chi connectivity index (χ1v) is 7.34. The highest BCUT2D eigenvalue weighted by molar-refractivity contribution is 5.77. The largest absolute Gasteiger partial charge is 0.497 e. The normalized spacial score (nSPS) is 18.1. The first-order chi connectivity index (χ1) is 9.70. The number of aliphatic carboxylic acids is 1. The summed E-state index contributed by atoms with van der Waals surface area (Å²) in [4.78, 5) is 11.6. The van der Waals surface area contributed by atoms with E-state index in [9.17, 15) is 9.90 Å². The van der Waals surface area contributed by atoms with Crippen LogP contribution in [0.5, 0.6) is 5.75 Å². The van der Waals surface area contributed by atoms with E-state index in [2.05, 4.69) is 5.32 Å². The van der Waals surface area contributed by atoms with Crippen molar-refractivity contribution in [1.29, 1.82) is 0 Å². The maximum absolute atomic E-state index is 11.6. The fraction of sp³-hybridized carbons (Fsp3) is 0.562. The van der Waals surface area contributed by atoms with Crippen molar-refractivity contribution < 1.29 is 14.6 Å². The summed E-state index contributed by atoms with van der Waals surface area (Å²) in [6.45, 7) is 0. The first-order valence-electron chi connectivity index (χ1n) is 7.34. The van der Waals surface area contributed by atoms with E-state index < -0.39 is 12.0 Å². The Morgan fingerprint density at radius 3 is 2.30 bits per heavy atom. The Morgan fingerprint density at radius 1 is 1.20 bits per heavy atom. The van der Waals surface area contributed by atoms with Crippen molar-refractivity contribution in [3.05, 3.63) is 24.3 Å². The molecule has 1 atom stereocenters. The van der Waals surface area contributed by atoms with Crippen molar-refractivity contribution in [1.82, 2.24) is 0 Å². The van der Waals surface area contributed by atoms with Crippen molar-refractivity contribution >= 4 is 11.7 Å². The van der Waals surface area contributed by atoms with Crippen LogP contribution in [0.15, 0.2) is 24.3 Å². The summed E-state index contributed by atoms with van der Waals surface area (Å²) in [6.07, 6.45) is 6.73. The van der Waals surface area contributed by atoms with E-state index >= 15 is 0 Å².